The van der Waals surface area contributed by atoms with E-state index in [0.29, 0.717) is 0 Å². The summed E-state index contributed by atoms with van der Waals surface area (Å²) in [4.78, 5) is 9.55. The molecule has 1 aromatic carbocycles. The van der Waals surface area contributed by atoms with Gasteiger partial charge in [0.05, 0.1) is 0 Å². The Kier molecular flexibility index (Phi) is 2.37. The first kappa shape index (κ1) is 10.4. The first-order valence-electron chi connectivity index (χ1n) is 5.21. The quantitative estimate of drug-likeness (QED) is 0.650. The van der Waals surface area contributed by atoms with E-state index >= 15 is 0 Å². The first-order valence-corrected chi connectivity index (χ1v) is 6.09. The molecular formula is C13H9FN2S. The van der Waals surface area contributed by atoms with Gasteiger partial charge < -0.3 is 0 Å². The van der Waals surface area contributed by atoms with Gasteiger partial charge in [0.25, 0.3) is 0 Å². The van der Waals surface area contributed by atoms with Gasteiger partial charge in [-0.3, -0.25) is 0 Å². The highest BCUT2D eigenvalue weighted by molar-refractivity contribution is 7.17. The molecule has 0 aliphatic rings. The van der Waals surface area contributed by atoms with E-state index in [1.54, 1.807) is 23.5 Å². The Morgan fingerprint density at radius 2 is 1.94 bits per heavy atom. The monoisotopic (exact) mass is 244 g/mol. The predicted octanol–water partition coefficient (Wildman–Crippen LogP) is 3.81. The standard InChI is InChI=1S/C13H9FN2S/c1-8-15-6-11-12(7-17-13(11)16-8)9-2-4-10(14)5-3-9/h2-7H,1H3. The van der Waals surface area contributed by atoms with Gasteiger partial charge >= 0.3 is 0 Å². The number of rotatable bonds is 1. The van der Waals surface area contributed by atoms with Gasteiger partial charge in [-0.1, -0.05) is 12.1 Å². The maximum absolute atomic E-state index is 12.9. The Morgan fingerprint density at radius 3 is 2.71 bits per heavy atom. The van der Waals surface area contributed by atoms with Gasteiger partial charge in [-0.25, -0.2) is 14.4 Å². The lowest BCUT2D eigenvalue weighted by Gasteiger charge is -1.99. The number of benzene rings is 1. The van der Waals surface area contributed by atoms with Gasteiger partial charge in [0.15, 0.2) is 0 Å². The number of hydrogen-bond donors (Lipinski definition) is 0. The summed E-state index contributed by atoms with van der Waals surface area (Å²) in [5, 5.41) is 3.05. The molecule has 2 heterocycles. The largest absolute Gasteiger partial charge is 0.241 e. The summed E-state index contributed by atoms with van der Waals surface area (Å²) in [6.45, 7) is 1.87. The minimum atomic E-state index is -0.222. The van der Waals surface area contributed by atoms with Gasteiger partial charge in [-0.2, -0.15) is 0 Å². The van der Waals surface area contributed by atoms with Crippen LogP contribution in [0.25, 0.3) is 21.3 Å². The molecule has 84 valence electrons. The first-order chi connectivity index (χ1) is 8.24. The molecular weight excluding hydrogens is 235 g/mol. The Hall–Kier alpha value is -1.81. The third-order valence-electron chi connectivity index (χ3n) is 2.61. The van der Waals surface area contributed by atoms with E-state index in [4.69, 9.17) is 0 Å². The molecule has 2 nitrogen and oxygen atoms in total. The van der Waals surface area contributed by atoms with Crippen LogP contribution < -0.4 is 0 Å². The van der Waals surface area contributed by atoms with Gasteiger partial charge in [-0.05, 0) is 24.6 Å². The molecule has 0 atom stereocenters. The number of thiophene rings is 1. The Balaban J connectivity index is 2.21. The fourth-order valence-electron chi connectivity index (χ4n) is 1.76. The van der Waals surface area contributed by atoms with E-state index in [2.05, 4.69) is 9.97 Å². The highest BCUT2D eigenvalue weighted by Gasteiger charge is 2.08. The molecule has 0 aliphatic carbocycles. The molecule has 17 heavy (non-hydrogen) atoms. The fraction of sp³-hybridized carbons (Fsp3) is 0.0769. The van der Waals surface area contributed by atoms with Crippen LogP contribution in [0, 0.1) is 12.7 Å². The van der Waals surface area contributed by atoms with Crippen molar-refractivity contribution in [1.29, 1.82) is 0 Å². The number of aryl methyl sites for hydroxylation is 1. The van der Waals surface area contributed by atoms with E-state index in [-0.39, 0.29) is 5.82 Å². The summed E-state index contributed by atoms with van der Waals surface area (Å²) in [5.41, 5.74) is 2.05. The normalized spacial score (nSPS) is 10.9. The van der Waals surface area contributed by atoms with Crippen LogP contribution in [0.1, 0.15) is 5.82 Å². The lowest BCUT2D eigenvalue weighted by Crippen LogP contribution is -1.85. The summed E-state index contributed by atoms with van der Waals surface area (Å²) in [6, 6.07) is 6.48. The molecule has 0 saturated heterocycles. The third kappa shape index (κ3) is 1.80. The summed E-state index contributed by atoms with van der Waals surface area (Å²) in [5.74, 6) is 0.547. The average molecular weight is 244 g/mol. The molecule has 0 fully saturated rings. The second-order valence-corrected chi connectivity index (χ2v) is 4.65. The van der Waals surface area contributed by atoms with E-state index < -0.39 is 0 Å². The van der Waals surface area contributed by atoms with Crippen LogP contribution in [-0.4, -0.2) is 9.97 Å². The third-order valence-corrected chi connectivity index (χ3v) is 3.50. The molecule has 0 aliphatic heterocycles. The summed E-state index contributed by atoms with van der Waals surface area (Å²) in [6.07, 6.45) is 1.83. The molecule has 0 spiro atoms. The second kappa shape index (κ2) is 3.89. The number of fused-ring (bicyclic) bond motifs is 1. The minimum Gasteiger partial charge on any atom is -0.241 e. The zero-order valence-electron chi connectivity index (χ0n) is 9.14. The molecule has 4 heteroatoms. The van der Waals surface area contributed by atoms with Crippen molar-refractivity contribution in [2.45, 2.75) is 6.92 Å². The van der Waals surface area contributed by atoms with Crippen molar-refractivity contribution in [2.75, 3.05) is 0 Å². The molecule has 3 rings (SSSR count). The number of nitrogens with zero attached hydrogens (tertiary/aromatic N) is 2. The van der Waals surface area contributed by atoms with Crippen LogP contribution in [-0.2, 0) is 0 Å². The molecule has 0 bridgehead atoms. The van der Waals surface area contributed by atoms with Gasteiger partial charge in [0.1, 0.15) is 16.5 Å². The summed E-state index contributed by atoms with van der Waals surface area (Å²) in [7, 11) is 0. The summed E-state index contributed by atoms with van der Waals surface area (Å²) >= 11 is 1.58. The van der Waals surface area contributed by atoms with Crippen molar-refractivity contribution >= 4 is 21.6 Å². The lowest BCUT2D eigenvalue weighted by molar-refractivity contribution is 0.628. The van der Waals surface area contributed by atoms with Crippen LogP contribution in [0.2, 0.25) is 0 Å². The second-order valence-electron chi connectivity index (χ2n) is 3.79. The van der Waals surface area contributed by atoms with Crippen LogP contribution in [0.3, 0.4) is 0 Å². The molecule has 0 amide bonds. The Morgan fingerprint density at radius 1 is 1.18 bits per heavy atom. The SMILES string of the molecule is Cc1ncc2c(-c3ccc(F)cc3)csc2n1. The number of halogens is 1. The van der Waals surface area contributed by atoms with E-state index in [0.717, 1.165) is 27.2 Å². The van der Waals surface area contributed by atoms with Crippen molar-refractivity contribution in [3.63, 3.8) is 0 Å². The molecule has 2 aromatic heterocycles. The molecule has 0 N–H and O–H groups in total. The fourth-order valence-corrected chi connectivity index (χ4v) is 2.72. The van der Waals surface area contributed by atoms with Crippen LogP contribution in [0.4, 0.5) is 4.39 Å². The minimum absolute atomic E-state index is 0.222. The Bertz CT molecular complexity index is 673. The number of aromatic nitrogens is 2. The highest BCUT2D eigenvalue weighted by atomic mass is 32.1. The van der Waals surface area contributed by atoms with Crippen molar-refractivity contribution in [3.05, 3.63) is 47.5 Å². The van der Waals surface area contributed by atoms with E-state index in [1.807, 2.05) is 18.5 Å². The van der Waals surface area contributed by atoms with Gasteiger partial charge in [0.2, 0.25) is 0 Å². The molecule has 0 unspecified atom stereocenters. The smallest absolute Gasteiger partial charge is 0.127 e. The van der Waals surface area contributed by atoms with E-state index in [1.165, 1.54) is 12.1 Å². The zero-order chi connectivity index (χ0) is 11.8. The molecule has 0 radical (unpaired) electrons. The van der Waals surface area contributed by atoms with Crippen LogP contribution in [0.15, 0.2) is 35.8 Å². The van der Waals surface area contributed by atoms with Crippen LogP contribution >= 0.6 is 11.3 Å². The average Bonchev–Trinajstić information content (AvgIpc) is 2.73. The van der Waals surface area contributed by atoms with Gasteiger partial charge in [-0.15, -0.1) is 11.3 Å². The number of hydrogen-bond acceptors (Lipinski definition) is 3. The van der Waals surface area contributed by atoms with Crippen LogP contribution in [0.5, 0.6) is 0 Å². The molecule has 0 saturated carbocycles. The van der Waals surface area contributed by atoms with Gasteiger partial charge in [0, 0.05) is 22.5 Å². The summed E-state index contributed by atoms with van der Waals surface area (Å²) < 4.78 is 12.9. The zero-order valence-corrected chi connectivity index (χ0v) is 9.96. The lowest BCUT2D eigenvalue weighted by atomic mass is 10.1. The molecule has 3 aromatic rings. The van der Waals surface area contributed by atoms with Crippen molar-refractivity contribution < 1.29 is 4.39 Å². The van der Waals surface area contributed by atoms with E-state index in [9.17, 15) is 4.39 Å². The topological polar surface area (TPSA) is 25.8 Å². The maximum atomic E-state index is 12.9. The maximum Gasteiger partial charge on any atom is 0.127 e. The Labute approximate surface area is 102 Å². The highest BCUT2D eigenvalue weighted by Crippen LogP contribution is 2.32. The van der Waals surface area contributed by atoms with Crippen molar-refractivity contribution in [3.8, 4) is 11.1 Å². The predicted molar refractivity (Wildman–Crippen MR) is 67.5 cm³/mol. The van der Waals surface area contributed by atoms with Crippen molar-refractivity contribution in [2.24, 2.45) is 0 Å². The van der Waals surface area contributed by atoms with Crippen molar-refractivity contribution in [1.82, 2.24) is 9.97 Å².